The number of cyclic esters (lactones) is 1. The number of sulfonamides is 1. The molecule has 1 aromatic rings. The zero-order chi connectivity index (χ0) is 29.8. The van der Waals surface area contributed by atoms with Crippen LogP contribution in [0.3, 0.4) is 0 Å². The summed E-state index contributed by atoms with van der Waals surface area (Å²) in [5.74, 6) is -0.0976. The van der Waals surface area contributed by atoms with Gasteiger partial charge in [-0.25, -0.2) is 17.9 Å². The fourth-order valence-corrected chi connectivity index (χ4v) is 6.53. The second kappa shape index (κ2) is 12.8. The van der Waals surface area contributed by atoms with Gasteiger partial charge >= 0.3 is 11.9 Å². The molecule has 0 aromatic heterocycles. The molecule has 0 bridgehead atoms. The molecule has 3 aliphatic rings. The van der Waals surface area contributed by atoms with Crippen LogP contribution in [0, 0.1) is 11.3 Å². The van der Waals surface area contributed by atoms with Gasteiger partial charge in [0.1, 0.15) is 22.9 Å². The fraction of sp³-hybridized carbons (Fsp3) is 0.533. The summed E-state index contributed by atoms with van der Waals surface area (Å²) in [6, 6.07) is 6.05. The Morgan fingerprint density at radius 2 is 2.00 bits per heavy atom. The molecule has 10 nitrogen and oxygen atoms in total. The first-order valence-corrected chi connectivity index (χ1v) is 16.2. The number of aryl methyl sites for hydroxylation is 2. The van der Waals surface area contributed by atoms with Gasteiger partial charge in [-0.3, -0.25) is 10.7 Å². The summed E-state index contributed by atoms with van der Waals surface area (Å²) in [5, 5.41) is 21.3. The summed E-state index contributed by atoms with van der Waals surface area (Å²) in [7, 11) is -3.29. The van der Waals surface area contributed by atoms with Crippen LogP contribution >= 0.6 is 0 Å². The Kier molecular flexibility index (Phi) is 9.61. The number of aliphatic hydroxyl groups is 1. The summed E-state index contributed by atoms with van der Waals surface area (Å²) in [6.07, 6.45) is 9.17. The second-order valence-corrected chi connectivity index (χ2v) is 13.3. The zero-order valence-electron chi connectivity index (χ0n) is 24.4. The second-order valence-electron chi connectivity index (χ2n) is 11.5. The number of esters is 1. The van der Waals surface area contributed by atoms with Crippen LogP contribution in [-0.2, 0) is 38.9 Å². The number of nitrogens with one attached hydrogen (secondary N) is 2. The van der Waals surface area contributed by atoms with Crippen LogP contribution in [0.1, 0.15) is 82.4 Å². The molecule has 1 aliphatic carbocycles. The molecule has 0 spiro atoms. The van der Waals surface area contributed by atoms with E-state index in [1.54, 1.807) is 5.32 Å². The van der Waals surface area contributed by atoms with E-state index in [2.05, 4.69) is 20.8 Å². The van der Waals surface area contributed by atoms with Crippen molar-refractivity contribution in [3.8, 4) is 0 Å². The highest BCUT2D eigenvalue weighted by atomic mass is 32.2. The van der Waals surface area contributed by atoms with E-state index in [0.29, 0.717) is 18.8 Å². The highest BCUT2D eigenvalue weighted by Crippen LogP contribution is 2.46. The minimum atomic E-state index is -3.29. The molecule has 222 valence electrons. The summed E-state index contributed by atoms with van der Waals surface area (Å²) in [5.41, 5.74) is 4.14. The van der Waals surface area contributed by atoms with Gasteiger partial charge in [-0.05, 0) is 61.6 Å². The Labute approximate surface area is 242 Å². The van der Waals surface area contributed by atoms with Gasteiger partial charge in [0.25, 0.3) is 0 Å². The molecule has 1 aromatic carbocycles. The average molecular weight is 585 g/mol. The van der Waals surface area contributed by atoms with Crippen molar-refractivity contribution >= 4 is 33.5 Å². The van der Waals surface area contributed by atoms with Gasteiger partial charge < -0.3 is 9.84 Å². The van der Waals surface area contributed by atoms with Crippen LogP contribution < -0.4 is 10.0 Å². The smallest absolute Gasteiger partial charge is 0.338 e. The third-order valence-electron chi connectivity index (χ3n) is 8.15. The van der Waals surface area contributed by atoms with Crippen molar-refractivity contribution in [2.45, 2.75) is 90.7 Å². The van der Waals surface area contributed by atoms with Crippen LogP contribution in [0.5, 0.6) is 0 Å². The molecule has 0 saturated heterocycles. The number of ether oxygens (including phenoxy) is 1. The number of aliphatic imine (C=N–C) groups is 2. The van der Waals surface area contributed by atoms with E-state index in [9.17, 15) is 18.3 Å². The lowest BCUT2D eigenvalue weighted by molar-refractivity contribution is -0.486. The topological polar surface area (TPSA) is 158 Å². The maximum absolute atomic E-state index is 13.3. The molecule has 4 rings (SSSR count). The summed E-state index contributed by atoms with van der Waals surface area (Å²) in [6.45, 7) is 6.07. The number of aliphatic hydroxyl groups excluding tert-OH is 1. The molecule has 1 unspecified atom stereocenters. The Balaban J connectivity index is 1.51. The predicted molar refractivity (Wildman–Crippen MR) is 159 cm³/mol. The summed E-state index contributed by atoms with van der Waals surface area (Å²) >= 11 is 0. The van der Waals surface area contributed by atoms with E-state index in [-0.39, 0.29) is 42.5 Å². The molecule has 0 amide bonds. The third-order valence-corrected chi connectivity index (χ3v) is 8.82. The Morgan fingerprint density at radius 1 is 1.27 bits per heavy atom. The summed E-state index contributed by atoms with van der Waals surface area (Å²) < 4.78 is 31.9. The van der Waals surface area contributed by atoms with Crippen molar-refractivity contribution in [3.05, 3.63) is 58.0 Å². The van der Waals surface area contributed by atoms with Crippen LogP contribution in [-0.4, -0.2) is 48.9 Å². The molecule has 0 radical (unpaired) electrons. The zero-order valence-corrected chi connectivity index (χ0v) is 25.2. The molecule has 11 heteroatoms. The van der Waals surface area contributed by atoms with Gasteiger partial charge in [-0.15, -0.1) is 0 Å². The van der Waals surface area contributed by atoms with Crippen LogP contribution in [0.2, 0.25) is 0 Å². The van der Waals surface area contributed by atoms with Crippen molar-refractivity contribution in [1.82, 2.24) is 4.72 Å². The number of guanidine groups is 1. The molecule has 2 aliphatic heterocycles. The van der Waals surface area contributed by atoms with E-state index < -0.39 is 21.6 Å². The van der Waals surface area contributed by atoms with Crippen molar-refractivity contribution < 1.29 is 28.4 Å². The van der Waals surface area contributed by atoms with Gasteiger partial charge in [0, 0.05) is 32.4 Å². The van der Waals surface area contributed by atoms with E-state index >= 15 is 0 Å². The van der Waals surface area contributed by atoms with E-state index in [0.717, 1.165) is 66.5 Å². The van der Waals surface area contributed by atoms with Gasteiger partial charge in [-0.2, -0.15) is 9.98 Å². The minimum Gasteiger partial charge on any atom is -0.512 e. The monoisotopic (exact) mass is 584 g/mol. The first kappa shape index (κ1) is 30.8. The Morgan fingerprint density at radius 3 is 2.63 bits per heavy atom. The van der Waals surface area contributed by atoms with Crippen molar-refractivity contribution in [2.75, 3.05) is 6.26 Å². The van der Waals surface area contributed by atoms with E-state index in [1.165, 1.54) is 0 Å². The number of rotatable bonds is 10. The average Bonchev–Trinajstić information content (AvgIpc) is 3.43. The molecule has 1 fully saturated rings. The lowest BCUT2D eigenvalue weighted by atomic mass is 9.76. The van der Waals surface area contributed by atoms with E-state index in [4.69, 9.17) is 10.1 Å². The standard InChI is InChI=1S/C30H41N5O5S/c1-5-22-15-21(10-11-23(22)18-32-41(4,38)39)12-13-30(24-8-6-7-9-24)17-26(36)25(28(37)40-30)16-27(31)35-29-33-19(2)14-20(3)34-29/h10-11,14-15,24,32,36H,5-9,12-13,16-18H2,1-4H3,(H2,31,33,34,35)/p+1. The first-order valence-electron chi connectivity index (χ1n) is 14.3. The number of carbonyl (C=O) groups is 1. The largest absolute Gasteiger partial charge is 0.512 e. The number of nitrogens with two attached hydrogens (primary N) is 1. The minimum absolute atomic E-state index is 0.0158. The molecule has 41 heavy (non-hydrogen) atoms. The maximum atomic E-state index is 13.3. The lowest BCUT2D eigenvalue weighted by Crippen LogP contribution is -2.86. The number of carbonyl (C=O) groups excluding carboxylic acids is 1. The number of quaternary nitrogens is 1. The van der Waals surface area contributed by atoms with Gasteiger partial charge in [-0.1, -0.05) is 38.0 Å². The molecule has 1 saturated carbocycles. The normalized spacial score (nSPS) is 23.0. The highest BCUT2D eigenvalue weighted by molar-refractivity contribution is 7.88. The number of hydrogen-bond acceptors (Lipinski definition) is 6. The van der Waals surface area contributed by atoms with Crippen LogP contribution in [0.4, 0.5) is 0 Å². The molecular formula is C30H42N5O5S+. The van der Waals surface area contributed by atoms with Gasteiger partial charge in [0.2, 0.25) is 10.0 Å². The quantitative estimate of drug-likeness (QED) is 0.188. The van der Waals surface area contributed by atoms with Crippen LogP contribution in [0.25, 0.3) is 0 Å². The molecule has 5 N–H and O–H groups in total. The maximum Gasteiger partial charge on any atom is 0.338 e. The fourth-order valence-electron chi connectivity index (χ4n) is 6.11. The number of nitrogens with zero attached hydrogens (tertiary/aromatic N) is 2. The third kappa shape index (κ3) is 7.99. The van der Waals surface area contributed by atoms with Gasteiger partial charge in [0.05, 0.1) is 17.5 Å². The van der Waals surface area contributed by atoms with Gasteiger partial charge in [0.15, 0.2) is 0 Å². The van der Waals surface area contributed by atoms with Crippen molar-refractivity contribution in [3.63, 3.8) is 0 Å². The molecular weight excluding hydrogens is 542 g/mol. The summed E-state index contributed by atoms with van der Waals surface area (Å²) in [4.78, 5) is 21.9. The van der Waals surface area contributed by atoms with Crippen LogP contribution in [0.15, 0.2) is 51.3 Å². The number of benzene rings is 1. The SMILES string of the molecule is CCc1cc(CCC2(C3CCCC3)CC(O)=C(CC(=N)N=C3N=C(C)C=C(C)[NH2+]3)C(=O)O2)ccc1CNS(C)(=O)=O. The van der Waals surface area contributed by atoms with Crippen molar-refractivity contribution in [1.29, 1.82) is 5.41 Å². The highest BCUT2D eigenvalue weighted by Gasteiger charge is 2.48. The Hall–Kier alpha value is -3.15. The Bertz CT molecular complexity index is 1440. The number of amidine groups is 1. The number of hydrogen-bond donors (Lipinski definition) is 4. The lowest BCUT2D eigenvalue weighted by Gasteiger charge is -2.42. The first-order chi connectivity index (χ1) is 19.4. The molecule has 2 heterocycles. The van der Waals surface area contributed by atoms with E-state index in [1.807, 2.05) is 39.0 Å². The predicted octanol–water partition coefficient (Wildman–Crippen LogP) is 3.58. The number of allylic oxidation sites excluding steroid dienone is 2. The molecule has 1 atom stereocenters. The van der Waals surface area contributed by atoms with Crippen molar-refractivity contribution in [2.24, 2.45) is 15.9 Å².